The van der Waals surface area contributed by atoms with Gasteiger partial charge in [-0.25, -0.2) is 9.78 Å². The number of pyridine rings is 1. The van der Waals surface area contributed by atoms with E-state index < -0.39 is 12.1 Å². The normalized spacial score (nSPS) is 18.8. The third-order valence-electron chi connectivity index (χ3n) is 7.63. The number of carbonyl (C=O) groups is 4. The Hall–Kier alpha value is -4.43. The number of Topliss-reactive ketones (excluding diaryl/α,β-unsaturated/α-hetero) is 1. The smallest absolute Gasteiger partial charge is 0.339 e. The highest BCUT2D eigenvalue weighted by molar-refractivity contribution is 9.10. The van der Waals surface area contributed by atoms with Gasteiger partial charge in [-0.3, -0.25) is 19.3 Å². The highest BCUT2D eigenvalue weighted by atomic mass is 79.9. The molecule has 1 saturated heterocycles. The number of ketones is 1. The highest BCUT2D eigenvalue weighted by Crippen LogP contribution is 2.38. The van der Waals surface area contributed by atoms with Crippen LogP contribution in [0.1, 0.15) is 40.5 Å². The van der Waals surface area contributed by atoms with Crippen molar-refractivity contribution in [1.29, 1.82) is 0 Å². The molecule has 1 aromatic heterocycles. The lowest BCUT2D eigenvalue weighted by Crippen LogP contribution is -2.30. The van der Waals surface area contributed by atoms with Gasteiger partial charge in [-0.15, -0.1) is 0 Å². The first-order valence-corrected chi connectivity index (χ1v) is 14.1. The summed E-state index contributed by atoms with van der Waals surface area (Å²) in [6, 6.07) is 22.7. The summed E-state index contributed by atoms with van der Waals surface area (Å²) in [5.74, 6) is -1.89. The van der Waals surface area contributed by atoms with Crippen LogP contribution in [0.5, 0.6) is 0 Å². The van der Waals surface area contributed by atoms with Crippen molar-refractivity contribution < 1.29 is 23.9 Å². The maximum atomic E-state index is 13.4. The van der Waals surface area contributed by atoms with Crippen LogP contribution in [0.2, 0.25) is 0 Å². The average Bonchev–Trinajstić information content (AvgIpc) is 3.26. The number of imide groups is 1. The number of hydrogen-bond donors (Lipinski definition) is 0. The van der Waals surface area contributed by atoms with Gasteiger partial charge in [0.25, 0.3) is 0 Å². The van der Waals surface area contributed by atoms with Crippen LogP contribution in [0.3, 0.4) is 0 Å². The zero-order valence-corrected chi connectivity index (χ0v) is 23.7. The molecule has 2 aliphatic rings. The Bertz CT molecular complexity index is 1710. The van der Waals surface area contributed by atoms with Crippen LogP contribution in [0.4, 0.5) is 5.69 Å². The van der Waals surface area contributed by atoms with Gasteiger partial charge in [-0.1, -0.05) is 70.5 Å². The molecule has 1 aliphatic heterocycles. The summed E-state index contributed by atoms with van der Waals surface area (Å²) in [5.41, 5.74) is 3.02. The minimum Gasteiger partial charge on any atom is -0.451 e. The van der Waals surface area contributed by atoms with E-state index in [0.29, 0.717) is 46.3 Å². The predicted molar refractivity (Wildman–Crippen MR) is 158 cm³/mol. The highest BCUT2D eigenvalue weighted by Gasteiger charge is 2.47. The Balaban J connectivity index is 1.31. The molecule has 0 saturated carbocycles. The Morgan fingerprint density at radius 1 is 0.902 bits per heavy atom. The monoisotopic (exact) mass is 608 g/mol. The van der Waals surface area contributed by atoms with Crippen LogP contribution in [-0.4, -0.2) is 34.7 Å². The molecule has 0 spiro atoms. The second-order valence-electron chi connectivity index (χ2n) is 10.2. The van der Waals surface area contributed by atoms with Crippen LogP contribution in [0.15, 0.2) is 95.5 Å². The number of benzene rings is 3. The van der Waals surface area contributed by atoms with Gasteiger partial charge in [0, 0.05) is 21.0 Å². The Kier molecular flexibility index (Phi) is 7.09. The molecular weight excluding hydrogens is 584 g/mol. The van der Waals surface area contributed by atoms with E-state index >= 15 is 0 Å². The maximum Gasteiger partial charge on any atom is 0.339 e. The number of carbonyl (C=O) groups excluding carboxylic acids is 4. The van der Waals surface area contributed by atoms with E-state index in [9.17, 15) is 19.2 Å². The predicted octanol–water partition coefficient (Wildman–Crippen LogP) is 6.55. The summed E-state index contributed by atoms with van der Waals surface area (Å²) in [4.78, 5) is 58.3. The standard InChI is InChI=1S/C33H25BrN2O5/c1-19(30(37)21-7-3-2-4-8-21)41-33(40)27-18-29(35-28-16-13-22(34)17-26(27)28)20-11-14-23(15-12-20)36-31(38)24-9-5-6-10-25(24)32(36)39/h2-8,11-19,24-25H,9-10H2,1H3. The fourth-order valence-electron chi connectivity index (χ4n) is 5.47. The van der Waals surface area contributed by atoms with Crippen molar-refractivity contribution in [3.63, 3.8) is 0 Å². The molecule has 0 radical (unpaired) electrons. The maximum absolute atomic E-state index is 13.4. The number of halogens is 1. The van der Waals surface area contributed by atoms with Gasteiger partial charge < -0.3 is 4.74 Å². The number of esters is 1. The van der Waals surface area contributed by atoms with Crippen LogP contribution in [0, 0.1) is 11.8 Å². The van der Waals surface area contributed by atoms with Gasteiger partial charge in [0.1, 0.15) is 0 Å². The van der Waals surface area contributed by atoms with Gasteiger partial charge in [-0.05, 0) is 56.2 Å². The summed E-state index contributed by atoms with van der Waals surface area (Å²) < 4.78 is 6.40. The lowest BCUT2D eigenvalue weighted by molar-refractivity contribution is -0.122. The second-order valence-corrected chi connectivity index (χ2v) is 11.1. The summed E-state index contributed by atoms with van der Waals surface area (Å²) in [6.45, 7) is 1.55. The summed E-state index contributed by atoms with van der Waals surface area (Å²) >= 11 is 3.46. The first-order valence-electron chi connectivity index (χ1n) is 13.4. The van der Waals surface area contributed by atoms with E-state index in [1.165, 1.54) is 4.90 Å². The van der Waals surface area contributed by atoms with Crippen LogP contribution in [-0.2, 0) is 14.3 Å². The molecule has 4 aromatic rings. The molecule has 1 aliphatic carbocycles. The van der Waals surface area contributed by atoms with Crippen LogP contribution < -0.4 is 4.90 Å². The van der Waals surface area contributed by atoms with Gasteiger partial charge in [0.2, 0.25) is 17.6 Å². The minimum atomic E-state index is -0.988. The van der Waals surface area contributed by atoms with Crippen molar-refractivity contribution in [2.45, 2.75) is 25.9 Å². The number of aromatic nitrogens is 1. The van der Waals surface area contributed by atoms with E-state index in [2.05, 4.69) is 15.9 Å². The summed E-state index contributed by atoms with van der Waals surface area (Å²) in [5, 5.41) is 0.577. The minimum absolute atomic E-state index is 0.171. The first-order chi connectivity index (χ1) is 19.8. The van der Waals surface area contributed by atoms with Crippen molar-refractivity contribution in [2.75, 3.05) is 4.90 Å². The number of anilines is 1. The molecule has 7 nitrogen and oxygen atoms in total. The lowest BCUT2D eigenvalue weighted by Gasteiger charge is -2.16. The molecule has 3 atom stereocenters. The number of amides is 2. The molecule has 2 amide bonds. The Morgan fingerprint density at radius 2 is 1.56 bits per heavy atom. The topological polar surface area (TPSA) is 93.6 Å². The van der Waals surface area contributed by atoms with E-state index in [0.717, 1.165) is 4.47 Å². The van der Waals surface area contributed by atoms with E-state index in [1.807, 2.05) is 24.3 Å². The number of ether oxygens (including phenoxy) is 1. The molecule has 8 heteroatoms. The SMILES string of the molecule is CC(OC(=O)c1cc(-c2ccc(N3C(=O)C4CC=CCC4C3=O)cc2)nc2ccc(Br)cc12)C(=O)c1ccccc1. The molecule has 41 heavy (non-hydrogen) atoms. The number of allylic oxidation sites excluding steroid dienone is 2. The quantitative estimate of drug-likeness (QED) is 0.107. The number of nitrogens with zero attached hydrogens (tertiary/aromatic N) is 2. The van der Waals surface area contributed by atoms with E-state index in [1.54, 1.807) is 73.7 Å². The van der Waals surface area contributed by atoms with Gasteiger partial charge >= 0.3 is 5.97 Å². The zero-order chi connectivity index (χ0) is 28.7. The van der Waals surface area contributed by atoms with Crippen molar-refractivity contribution in [3.8, 4) is 11.3 Å². The molecule has 0 N–H and O–H groups in total. The van der Waals surface area contributed by atoms with Gasteiger partial charge in [0.05, 0.1) is 34.3 Å². The third-order valence-corrected chi connectivity index (χ3v) is 8.12. The summed E-state index contributed by atoms with van der Waals surface area (Å²) in [7, 11) is 0. The van der Waals surface area contributed by atoms with Gasteiger partial charge in [-0.2, -0.15) is 0 Å². The zero-order valence-electron chi connectivity index (χ0n) is 22.1. The van der Waals surface area contributed by atoms with Crippen LogP contribution >= 0.6 is 15.9 Å². The molecule has 1 fully saturated rings. The molecule has 6 rings (SSSR count). The van der Waals surface area contributed by atoms with Crippen molar-refractivity contribution in [2.24, 2.45) is 11.8 Å². The number of rotatable bonds is 6. The third kappa shape index (κ3) is 5.00. The molecule has 0 bridgehead atoms. The van der Waals surface area contributed by atoms with E-state index in [4.69, 9.17) is 9.72 Å². The Morgan fingerprint density at radius 3 is 2.22 bits per heavy atom. The lowest BCUT2D eigenvalue weighted by atomic mass is 9.85. The fraction of sp³-hybridized carbons (Fsp3) is 0.182. The second kappa shape index (κ2) is 10.9. The number of fused-ring (bicyclic) bond motifs is 2. The largest absolute Gasteiger partial charge is 0.451 e. The molecule has 3 unspecified atom stereocenters. The molecule has 204 valence electrons. The van der Waals surface area contributed by atoms with Gasteiger partial charge in [0.15, 0.2) is 6.10 Å². The molecular formula is C33H25BrN2O5. The number of hydrogen-bond acceptors (Lipinski definition) is 6. The first kappa shape index (κ1) is 26.8. The average molecular weight is 609 g/mol. The molecule has 3 aromatic carbocycles. The van der Waals surface area contributed by atoms with Crippen molar-refractivity contribution >= 4 is 56.1 Å². The fourth-order valence-corrected chi connectivity index (χ4v) is 5.83. The Labute approximate surface area is 245 Å². The van der Waals surface area contributed by atoms with Crippen molar-refractivity contribution in [1.82, 2.24) is 4.98 Å². The summed E-state index contributed by atoms with van der Waals surface area (Å²) in [6.07, 6.45) is 4.09. The molecule has 2 heterocycles. The van der Waals surface area contributed by atoms with Crippen LogP contribution in [0.25, 0.3) is 22.2 Å². The van der Waals surface area contributed by atoms with Crippen molar-refractivity contribution in [3.05, 3.63) is 107 Å². The van der Waals surface area contributed by atoms with E-state index in [-0.39, 0.29) is 35.0 Å².